The summed E-state index contributed by atoms with van der Waals surface area (Å²) in [6, 6.07) is 7.27. The van der Waals surface area contributed by atoms with Gasteiger partial charge in [0, 0.05) is 11.1 Å². The average Bonchev–Trinajstić information content (AvgIpc) is 3.06. The number of halogens is 1. The zero-order valence-corrected chi connectivity index (χ0v) is 16.1. The topological polar surface area (TPSA) is 109 Å². The molecule has 1 aromatic carbocycles. The predicted octanol–water partition coefficient (Wildman–Crippen LogP) is 2.64. The van der Waals surface area contributed by atoms with E-state index in [1.54, 1.807) is 30.5 Å². The first-order valence-corrected chi connectivity index (χ1v) is 9.15. The van der Waals surface area contributed by atoms with Crippen LogP contribution in [0.3, 0.4) is 0 Å². The Hall–Kier alpha value is -2.76. The van der Waals surface area contributed by atoms with Crippen molar-refractivity contribution < 1.29 is 19.1 Å². The van der Waals surface area contributed by atoms with Gasteiger partial charge in [-0.3, -0.25) is 9.59 Å². The first kappa shape index (κ1) is 20.6. The lowest BCUT2D eigenvalue weighted by Crippen LogP contribution is -2.40. The highest BCUT2D eigenvalue weighted by Gasteiger charge is 2.26. The molecular weight excluding hydrogens is 390 g/mol. The van der Waals surface area contributed by atoms with E-state index in [9.17, 15) is 19.6 Å². The fraction of sp³-hybridized carbons (Fsp3) is 0.278. The molecule has 0 saturated carbocycles. The summed E-state index contributed by atoms with van der Waals surface area (Å²) < 4.78 is 4.93. The molecular formula is C18H16ClN3O4S. The molecule has 27 heavy (non-hydrogen) atoms. The molecule has 0 saturated heterocycles. The van der Waals surface area contributed by atoms with Crippen molar-refractivity contribution in [1.82, 2.24) is 10.3 Å². The van der Waals surface area contributed by atoms with Crippen molar-refractivity contribution in [3.63, 3.8) is 0 Å². The molecule has 0 fully saturated rings. The molecule has 0 aliphatic carbocycles. The van der Waals surface area contributed by atoms with Crippen LogP contribution in [0.15, 0.2) is 29.6 Å². The first-order chi connectivity index (χ1) is 12.8. The number of rotatable bonds is 7. The van der Waals surface area contributed by atoms with Gasteiger partial charge in [-0.1, -0.05) is 23.7 Å². The summed E-state index contributed by atoms with van der Waals surface area (Å²) in [5, 5.41) is 14.0. The predicted molar refractivity (Wildman–Crippen MR) is 99.6 cm³/mol. The Morgan fingerprint density at radius 3 is 2.67 bits per heavy atom. The maximum atomic E-state index is 12.2. The number of benzene rings is 1. The Labute approximate surface area is 164 Å². The lowest BCUT2D eigenvalue weighted by atomic mass is 10.1. The van der Waals surface area contributed by atoms with Gasteiger partial charge in [-0.05, 0) is 26.0 Å². The first-order valence-electron chi connectivity index (χ1n) is 7.90. The van der Waals surface area contributed by atoms with E-state index in [4.69, 9.17) is 16.3 Å². The summed E-state index contributed by atoms with van der Waals surface area (Å²) in [6.45, 7) is 2.60. The fourth-order valence-corrected chi connectivity index (χ4v) is 3.18. The molecule has 0 unspecified atom stereocenters. The number of esters is 1. The van der Waals surface area contributed by atoms with Crippen LogP contribution < -0.4 is 5.32 Å². The van der Waals surface area contributed by atoms with Crippen molar-refractivity contribution in [2.75, 3.05) is 6.61 Å². The molecule has 0 aliphatic heterocycles. The van der Waals surface area contributed by atoms with Crippen LogP contribution in [-0.2, 0) is 14.3 Å². The number of nitrogens with one attached hydrogen (secondary N) is 1. The average molecular weight is 406 g/mol. The van der Waals surface area contributed by atoms with E-state index in [2.05, 4.69) is 10.3 Å². The lowest BCUT2D eigenvalue weighted by Gasteiger charge is -2.14. The van der Waals surface area contributed by atoms with Crippen molar-refractivity contribution in [3.05, 3.63) is 50.9 Å². The minimum atomic E-state index is -1.09. The molecule has 2 aromatic rings. The number of carbonyl (C=O) groups is 3. The maximum absolute atomic E-state index is 12.2. The molecule has 1 aromatic heterocycles. The van der Waals surface area contributed by atoms with E-state index in [0.29, 0.717) is 10.7 Å². The van der Waals surface area contributed by atoms with Crippen LogP contribution in [0.1, 0.15) is 33.9 Å². The van der Waals surface area contributed by atoms with Crippen LogP contribution in [0.2, 0.25) is 5.02 Å². The molecule has 1 heterocycles. The van der Waals surface area contributed by atoms with Gasteiger partial charge in [-0.2, -0.15) is 5.26 Å². The van der Waals surface area contributed by atoms with Gasteiger partial charge in [0.25, 0.3) is 5.91 Å². The monoisotopic (exact) mass is 405 g/mol. The van der Waals surface area contributed by atoms with E-state index in [1.165, 1.54) is 24.3 Å². The number of ketones is 1. The van der Waals surface area contributed by atoms with Crippen LogP contribution in [0.4, 0.5) is 0 Å². The fourth-order valence-electron chi connectivity index (χ4n) is 2.10. The molecule has 140 valence electrons. The highest BCUT2D eigenvalue weighted by atomic mass is 35.5. The largest absolute Gasteiger partial charge is 0.456 e. The normalized spacial score (nSPS) is 12.5. The van der Waals surface area contributed by atoms with Crippen molar-refractivity contribution >= 4 is 40.6 Å². The van der Waals surface area contributed by atoms with E-state index < -0.39 is 36.2 Å². The van der Waals surface area contributed by atoms with Crippen LogP contribution in [0.5, 0.6) is 0 Å². The SMILES string of the molecule is Cc1csc([C@H](C#N)C(=O)COC(=O)[C@@H](C)NC(=O)c2ccccc2Cl)n1. The Balaban J connectivity index is 1.90. The highest BCUT2D eigenvalue weighted by molar-refractivity contribution is 7.09. The zero-order valence-electron chi connectivity index (χ0n) is 14.6. The van der Waals surface area contributed by atoms with E-state index in [0.717, 1.165) is 0 Å². The number of aromatic nitrogens is 1. The summed E-state index contributed by atoms with van der Waals surface area (Å²) in [5.41, 5.74) is 0.925. The van der Waals surface area contributed by atoms with Gasteiger partial charge in [-0.15, -0.1) is 11.3 Å². The second kappa shape index (κ2) is 9.26. The Morgan fingerprint density at radius 1 is 1.37 bits per heavy atom. The Morgan fingerprint density at radius 2 is 2.07 bits per heavy atom. The number of Topliss-reactive ketones (excluding diaryl/α,β-unsaturated/α-hetero) is 1. The van der Waals surface area contributed by atoms with E-state index >= 15 is 0 Å². The van der Waals surface area contributed by atoms with Gasteiger partial charge in [0.2, 0.25) is 0 Å². The second-order valence-electron chi connectivity index (χ2n) is 5.64. The number of nitrogens with zero attached hydrogens (tertiary/aromatic N) is 2. The number of hydrogen-bond donors (Lipinski definition) is 1. The molecule has 1 amide bonds. The van der Waals surface area contributed by atoms with Crippen LogP contribution in [-0.4, -0.2) is 35.3 Å². The number of ether oxygens (including phenoxy) is 1. The molecule has 9 heteroatoms. The summed E-state index contributed by atoms with van der Waals surface area (Å²) in [4.78, 5) is 40.4. The van der Waals surface area contributed by atoms with Crippen LogP contribution in [0, 0.1) is 18.3 Å². The molecule has 0 spiro atoms. The lowest BCUT2D eigenvalue weighted by molar-refractivity contribution is -0.149. The minimum Gasteiger partial charge on any atom is -0.456 e. The minimum absolute atomic E-state index is 0.221. The van der Waals surface area contributed by atoms with E-state index in [1.807, 2.05) is 6.07 Å². The number of aryl methyl sites for hydroxylation is 1. The molecule has 7 nitrogen and oxygen atoms in total. The second-order valence-corrected chi connectivity index (χ2v) is 6.94. The molecule has 0 bridgehead atoms. The number of thiazole rings is 1. The molecule has 0 aliphatic rings. The van der Waals surface area contributed by atoms with Gasteiger partial charge in [0.05, 0.1) is 16.7 Å². The summed E-state index contributed by atoms with van der Waals surface area (Å²) in [5.74, 6) is -3.00. The highest BCUT2D eigenvalue weighted by Crippen LogP contribution is 2.21. The molecule has 0 radical (unpaired) electrons. The van der Waals surface area contributed by atoms with Gasteiger partial charge in [-0.25, -0.2) is 9.78 Å². The number of carbonyl (C=O) groups excluding carboxylic acids is 3. The smallest absolute Gasteiger partial charge is 0.328 e. The van der Waals surface area contributed by atoms with Gasteiger partial charge < -0.3 is 10.1 Å². The van der Waals surface area contributed by atoms with Crippen molar-refractivity contribution in [2.45, 2.75) is 25.8 Å². The third-order valence-electron chi connectivity index (χ3n) is 3.51. The third-order valence-corrected chi connectivity index (χ3v) is 4.87. The zero-order chi connectivity index (χ0) is 20.0. The standard InChI is InChI=1S/C18H16ClN3O4S/c1-10-9-27-17(21-10)13(7-20)15(23)8-26-18(25)11(2)22-16(24)12-5-3-4-6-14(12)19/h3-6,9,11,13H,8H2,1-2H3,(H,22,24)/t11-,13-/m1/s1. The van der Waals surface area contributed by atoms with Gasteiger partial charge in [0.1, 0.15) is 11.0 Å². The molecule has 1 N–H and O–H groups in total. The van der Waals surface area contributed by atoms with Gasteiger partial charge in [0.15, 0.2) is 18.3 Å². The van der Waals surface area contributed by atoms with Gasteiger partial charge >= 0.3 is 5.97 Å². The molecule has 2 atom stereocenters. The van der Waals surface area contributed by atoms with Crippen molar-refractivity contribution in [1.29, 1.82) is 5.26 Å². The summed E-state index contributed by atoms with van der Waals surface area (Å²) >= 11 is 7.13. The quantitative estimate of drug-likeness (QED) is 0.709. The van der Waals surface area contributed by atoms with Crippen LogP contribution >= 0.6 is 22.9 Å². The van der Waals surface area contributed by atoms with E-state index in [-0.39, 0.29) is 10.6 Å². The number of nitriles is 1. The Bertz CT molecular complexity index is 906. The van der Waals surface area contributed by atoms with Crippen molar-refractivity contribution in [2.24, 2.45) is 0 Å². The Kier molecular flexibility index (Phi) is 7.05. The maximum Gasteiger partial charge on any atom is 0.328 e. The summed E-state index contributed by atoms with van der Waals surface area (Å²) in [7, 11) is 0. The summed E-state index contributed by atoms with van der Waals surface area (Å²) in [6.07, 6.45) is 0. The van der Waals surface area contributed by atoms with Crippen molar-refractivity contribution in [3.8, 4) is 6.07 Å². The third kappa shape index (κ3) is 5.36. The van der Waals surface area contributed by atoms with Crippen LogP contribution in [0.25, 0.3) is 0 Å². The number of hydrogen-bond acceptors (Lipinski definition) is 7. The number of amides is 1. The molecule has 2 rings (SSSR count).